The molecule has 0 aliphatic heterocycles. The molecule has 1 aromatic carbocycles. The van der Waals surface area contributed by atoms with Crippen molar-refractivity contribution in [1.82, 2.24) is 9.78 Å². The van der Waals surface area contributed by atoms with E-state index in [9.17, 15) is 4.79 Å². The van der Waals surface area contributed by atoms with Crippen LogP contribution in [-0.2, 0) is 6.54 Å². The lowest BCUT2D eigenvalue weighted by molar-refractivity contribution is 0.548. The van der Waals surface area contributed by atoms with Crippen LogP contribution in [0.25, 0.3) is 0 Å². The fourth-order valence-corrected chi connectivity index (χ4v) is 1.83. The lowest BCUT2D eigenvalue weighted by Gasteiger charge is -2.12. The minimum Gasteiger partial charge on any atom is -0.319 e. The van der Waals surface area contributed by atoms with E-state index in [-0.39, 0.29) is 11.6 Å². The molecule has 0 spiro atoms. The molecule has 0 aliphatic carbocycles. The molecule has 94 valence electrons. The maximum Gasteiger partial charge on any atom is 0.266 e. The Hall–Kier alpha value is -1.94. The number of aryl methyl sites for hydroxylation is 1. The normalized spacial score (nSPS) is 12.3. The van der Waals surface area contributed by atoms with E-state index < -0.39 is 0 Å². The van der Waals surface area contributed by atoms with Crippen LogP contribution in [0.1, 0.15) is 30.6 Å². The van der Waals surface area contributed by atoms with Crippen molar-refractivity contribution in [2.75, 3.05) is 0 Å². The largest absolute Gasteiger partial charge is 0.319 e. The van der Waals surface area contributed by atoms with Gasteiger partial charge in [0.25, 0.3) is 5.56 Å². The van der Waals surface area contributed by atoms with Gasteiger partial charge in [0, 0.05) is 12.6 Å². The number of benzene rings is 1. The zero-order valence-electron chi connectivity index (χ0n) is 10.4. The van der Waals surface area contributed by atoms with Crippen LogP contribution in [0.15, 0.2) is 47.3 Å². The van der Waals surface area contributed by atoms with Crippen LogP contribution < -0.4 is 11.3 Å². The van der Waals surface area contributed by atoms with Crippen molar-refractivity contribution < 1.29 is 0 Å². The van der Waals surface area contributed by atoms with E-state index in [1.807, 2.05) is 37.3 Å². The van der Waals surface area contributed by atoms with Crippen LogP contribution >= 0.6 is 0 Å². The average Bonchev–Trinajstić information content (AvgIpc) is 2.42. The van der Waals surface area contributed by atoms with Gasteiger partial charge in [-0.3, -0.25) is 4.79 Å². The molecule has 2 rings (SSSR count). The monoisotopic (exact) mass is 243 g/mol. The molecule has 0 aliphatic rings. The average molecular weight is 243 g/mol. The Balaban J connectivity index is 2.34. The summed E-state index contributed by atoms with van der Waals surface area (Å²) in [5.41, 5.74) is 7.78. The molecule has 4 nitrogen and oxygen atoms in total. The highest BCUT2D eigenvalue weighted by Gasteiger charge is 2.11. The zero-order chi connectivity index (χ0) is 13.0. The van der Waals surface area contributed by atoms with Crippen LogP contribution in [0.5, 0.6) is 0 Å². The third-order valence-electron chi connectivity index (χ3n) is 2.80. The van der Waals surface area contributed by atoms with Gasteiger partial charge in [-0.05, 0) is 18.1 Å². The van der Waals surface area contributed by atoms with E-state index in [0.29, 0.717) is 12.2 Å². The van der Waals surface area contributed by atoms with Gasteiger partial charge in [-0.25, -0.2) is 4.68 Å². The lowest BCUT2D eigenvalue weighted by Crippen LogP contribution is -2.25. The van der Waals surface area contributed by atoms with Crippen molar-refractivity contribution in [3.8, 4) is 0 Å². The Bertz CT molecular complexity index is 563. The van der Waals surface area contributed by atoms with E-state index in [1.54, 1.807) is 6.07 Å². The molecule has 0 amide bonds. The van der Waals surface area contributed by atoms with E-state index in [2.05, 4.69) is 5.10 Å². The number of nitrogens with two attached hydrogens (primary N) is 1. The van der Waals surface area contributed by atoms with Crippen molar-refractivity contribution in [2.24, 2.45) is 5.73 Å². The van der Waals surface area contributed by atoms with Crippen LogP contribution in [-0.4, -0.2) is 9.78 Å². The highest BCUT2D eigenvalue weighted by atomic mass is 16.1. The van der Waals surface area contributed by atoms with Crippen LogP contribution in [0.2, 0.25) is 0 Å². The molecule has 0 saturated carbocycles. The molecule has 18 heavy (non-hydrogen) atoms. The maximum atomic E-state index is 11.6. The Morgan fingerprint density at radius 3 is 2.61 bits per heavy atom. The molecule has 0 radical (unpaired) electrons. The molecule has 2 aromatic rings. The first kappa shape index (κ1) is 12.5. The van der Waals surface area contributed by atoms with E-state index in [4.69, 9.17) is 5.73 Å². The summed E-state index contributed by atoms with van der Waals surface area (Å²) < 4.78 is 1.47. The van der Waals surface area contributed by atoms with Gasteiger partial charge in [0.2, 0.25) is 0 Å². The van der Waals surface area contributed by atoms with Gasteiger partial charge in [-0.1, -0.05) is 37.3 Å². The molecular weight excluding hydrogens is 226 g/mol. The van der Waals surface area contributed by atoms with Gasteiger partial charge in [0.1, 0.15) is 0 Å². The number of aromatic nitrogens is 2. The summed E-state index contributed by atoms with van der Waals surface area (Å²) in [6.45, 7) is 2.63. The minimum atomic E-state index is -0.296. The maximum absolute atomic E-state index is 11.6. The topological polar surface area (TPSA) is 60.9 Å². The van der Waals surface area contributed by atoms with Gasteiger partial charge in [0.05, 0.1) is 11.7 Å². The van der Waals surface area contributed by atoms with Gasteiger partial charge in [0.15, 0.2) is 0 Å². The second-order valence-electron chi connectivity index (χ2n) is 4.21. The highest BCUT2D eigenvalue weighted by molar-refractivity contribution is 5.26. The predicted molar refractivity (Wildman–Crippen MR) is 71.3 cm³/mol. The number of nitrogens with zero attached hydrogens (tertiary/aromatic N) is 2. The molecule has 0 saturated heterocycles. The lowest BCUT2D eigenvalue weighted by atomic mass is 10.0. The Morgan fingerprint density at radius 2 is 1.94 bits per heavy atom. The first-order valence-electron chi connectivity index (χ1n) is 6.11. The second kappa shape index (κ2) is 5.60. The van der Waals surface area contributed by atoms with E-state index >= 15 is 0 Å². The number of hydrogen-bond donors (Lipinski definition) is 1. The predicted octanol–water partition coefficient (Wildman–Crippen LogP) is 1.70. The zero-order valence-corrected chi connectivity index (χ0v) is 10.4. The summed E-state index contributed by atoms with van der Waals surface area (Å²) in [7, 11) is 0. The Morgan fingerprint density at radius 1 is 1.22 bits per heavy atom. The van der Waals surface area contributed by atoms with Crippen LogP contribution in [0.4, 0.5) is 0 Å². The van der Waals surface area contributed by atoms with Crippen molar-refractivity contribution >= 4 is 0 Å². The fraction of sp³-hybridized carbons (Fsp3) is 0.286. The van der Waals surface area contributed by atoms with E-state index in [0.717, 1.165) is 12.0 Å². The summed E-state index contributed by atoms with van der Waals surface area (Å²) in [6, 6.07) is 12.7. The van der Waals surface area contributed by atoms with Crippen molar-refractivity contribution in [3.63, 3.8) is 0 Å². The minimum absolute atomic E-state index is 0.0825. The van der Waals surface area contributed by atoms with E-state index in [1.165, 1.54) is 10.7 Å². The third-order valence-corrected chi connectivity index (χ3v) is 2.80. The summed E-state index contributed by atoms with van der Waals surface area (Å²) in [4.78, 5) is 11.6. The standard InChI is InChI=1S/C14H17N3O/c1-2-10-17-13(18)9-8-12(16-17)14(15)11-6-4-3-5-7-11/h3-9,14H,2,10,15H2,1H3. The Labute approximate surface area is 106 Å². The second-order valence-corrected chi connectivity index (χ2v) is 4.21. The molecule has 1 unspecified atom stereocenters. The molecule has 4 heteroatoms. The Kier molecular flexibility index (Phi) is 3.89. The molecular formula is C14H17N3O. The number of hydrogen-bond acceptors (Lipinski definition) is 3. The molecule has 0 fully saturated rings. The van der Waals surface area contributed by atoms with Crippen LogP contribution in [0, 0.1) is 0 Å². The summed E-state index contributed by atoms with van der Waals surface area (Å²) >= 11 is 0. The third kappa shape index (κ3) is 2.65. The molecule has 1 aromatic heterocycles. The number of rotatable bonds is 4. The van der Waals surface area contributed by atoms with Crippen molar-refractivity contribution in [3.05, 3.63) is 64.1 Å². The van der Waals surface area contributed by atoms with Gasteiger partial charge in [-0.2, -0.15) is 5.10 Å². The van der Waals surface area contributed by atoms with Gasteiger partial charge < -0.3 is 5.73 Å². The molecule has 1 heterocycles. The quantitative estimate of drug-likeness (QED) is 0.889. The smallest absolute Gasteiger partial charge is 0.266 e. The van der Waals surface area contributed by atoms with Crippen molar-refractivity contribution in [2.45, 2.75) is 25.9 Å². The van der Waals surface area contributed by atoms with Gasteiger partial charge in [-0.15, -0.1) is 0 Å². The summed E-state index contributed by atoms with van der Waals surface area (Å²) in [5, 5.41) is 4.32. The van der Waals surface area contributed by atoms with Crippen LogP contribution in [0.3, 0.4) is 0 Å². The first-order valence-corrected chi connectivity index (χ1v) is 6.11. The van der Waals surface area contributed by atoms with Gasteiger partial charge >= 0.3 is 0 Å². The summed E-state index contributed by atoms with van der Waals surface area (Å²) in [6.07, 6.45) is 0.872. The fourth-order valence-electron chi connectivity index (χ4n) is 1.83. The first-order chi connectivity index (χ1) is 8.72. The molecule has 0 bridgehead atoms. The highest BCUT2D eigenvalue weighted by Crippen LogP contribution is 2.15. The van der Waals surface area contributed by atoms with Crippen molar-refractivity contribution in [1.29, 1.82) is 0 Å². The SMILES string of the molecule is CCCn1nc(C(N)c2ccccc2)ccc1=O. The summed E-state index contributed by atoms with van der Waals surface area (Å²) in [5.74, 6) is 0. The molecule has 1 atom stereocenters. The molecule has 2 N–H and O–H groups in total.